The predicted molar refractivity (Wildman–Crippen MR) is 108 cm³/mol. The second-order valence-electron chi connectivity index (χ2n) is 7.05. The maximum atomic E-state index is 10.6. The van der Waals surface area contributed by atoms with Crippen LogP contribution in [0.1, 0.15) is 6.23 Å². The van der Waals surface area contributed by atoms with Crippen LogP contribution in [-0.2, 0) is 4.74 Å². The average molecular weight is 412 g/mol. The molecule has 4 atom stereocenters. The van der Waals surface area contributed by atoms with Crippen molar-refractivity contribution < 1.29 is 20.1 Å². The molecule has 0 unspecified atom stereocenters. The Labute approximate surface area is 170 Å². The molecule has 0 bridgehead atoms. The minimum absolute atomic E-state index is 0.401. The highest BCUT2D eigenvalue weighted by Gasteiger charge is 2.44. The van der Waals surface area contributed by atoms with Crippen molar-refractivity contribution in [2.75, 3.05) is 6.61 Å². The van der Waals surface area contributed by atoms with Crippen LogP contribution in [0, 0.1) is 0 Å². The van der Waals surface area contributed by atoms with Gasteiger partial charge in [-0.15, -0.1) is 0 Å². The highest BCUT2D eigenvalue weighted by molar-refractivity contribution is 6.32. The number of nitrogens with zero attached hydrogens (tertiary/aromatic N) is 3. The number of aliphatic hydroxyl groups excluding tert-OH is 3. The quantitative estimate of drug-likeness (QED) is 0.479. The van der Waals surface area contributed by atoms with Crippen LogP contribution in [0.3, 0.4) is 0 Å². The number of fused-ring (bicyclic) bond motifs is 3. The molecule has 2 aromatic heterocycles. The van der Waals surface area contributed by atoms with E-state index in [4.69, 9.17) is 16.3 Å². The Balaban J connectivity index is 1.83. The molecule has 29 heavy (non-hydrogen) atoms. The number of halogens is 1. The molecular formula is C21H18ClN3O4. The lowest BCUT2D eigenvalue weighted by Gasteiger charge is -2.18. The first kappa shape index (κ1) is 18.5. The van der Waals surface area contributed by atoms with Crippen LogP contribution >= 0.6 is 11.6 Å². The van der Waals surface area contributed by atoms with Gasteiger partial charge in [-0.05, 0) is 18.2 Å². The van der Waals surface area contributed by atoms with Crippen molar-refractivity contribution in [2.45, 2.75) is 24.5 Å². The number of rotatable bonds is 3. The molecule has 2 aromatic carbocycles. The second-order valence-corrected chi connectivity index (χ2v) is 7.48. The van der Waals surface area contributed by atoms with E-state index in [1.54, 1.807) is 10.6 Å². The summed E-state index contributed by atoms with van der Waals surface area (Å²) < 4.78 is 7.53. The van der Waals surface area contributed by atoms with Gasteiger partial charge in [-0.25, -0.2) is 9.97 Å². The molecule has 7 nitrogen and oxygen atoms in total. The van der Waals surface area contributed by atoms with E-state index >= 15 is 0 Å². The number of benzene rings is 2. The minimum Gasteiger partial charge on any atom is -0.394 e. The van der Waals surface area contributed by atoms with Crippen molar-refractivity contribution in [1.82, 2.24) is 14.5 Å². The summed E-state index contributed by atoms with van der Waals surface area (Å²) in [6, 6.07) is 15.1. The van der Waals surface area contributed by atoms with E-state index in [1.165, 1.54) is 6.33 Å². The van der Waals surface area contributed by atoms with Crippen molar-refractivity contribution in [3.05, 3.63) is 59.9 Å². The number of hydrogen-bond acceptors (Lipinski definition) is 6. The van der Waals surface area contributed by atoms with Crippen molar-refractivity contribution in [2.24, 2.45) is 0 Å². The predicted octanol–water partition coefficient (Wildman–Crippen LogP) is 2.52. The minimum atomic E-state index is -1.23. The van der Waals surface area contributed by atoms with Gasteiger partial charge >= 0.3 is 0 Å². The smallest absolute Gasteiger partial charge is 0.165 e. The summed E-state index contributed by atoms with van der Waals surface area (Å²) in [6.07, 6.45) is -2.77. The molecule has 0 saturated carbocycles. The molecule has 1 aliphatic heterocycles. The highest BCUT2D eigenvalue weighted by Crippen LogP contribution is 2.40. The average Bonchev–Trinajstić information content (AvgIpc) is 3.22. The maximum absolute atomic E-state index is 10.6. The second kappa shape index (κ2) is 7.05. The van der Waals surface area contributed by atoms with Crippen LogP contribution in [-0.4, -0.2) is 54.8 Å². The molecule has 4 aromatic rings. The van der Waals surface area contributed by atoms with E-state index in [9.17, 15) is 15.3 Å². The Kier molecular flexibility index (Phi) is 4.49. The van der Waals surface area contributed by atoms with Gasteiger partial charge in [-0.3, -0.25) is 4.57 Å². The monoisotopic (exact) mass is 411 g/mol. The van der Waals surface area contributed by atoms with Crippen molar-refractivity contribution in [3.63, 3.8) is 0 Å². The number of ether oxygens (including phenoxy) is 1. The number of aromatic nitrogens is 3. The van der Waals surface area contributed by atoms with Crippen LogP contribution in [0.5, 0.6) is 0 Å². The molecule has 3 heterocycles. The van der Waals surface area contributed by atoms with E-state index in [1.807, 2.05) is 42.5 Å². The molecule has 8 heteroatoms. The lowest BCUT2D eigenvalue weighted by atomic mass is 10.1. The lowest BCUT2D eigenvalue weighted by Crippen LogP contribution is -2.33. The molecule has 0 spiro atoms. The zero-order valence-corrected chi connectivity index (χ0v) is 15.9. The molecule has 1 saturated heterocycles. The van der Waals surface area contributed by atoms with Crippen molar-refractivity contribution in [1.29, 1.82) is 0 Å². The molecular weight excluding hydrogens is 394 g/mol. The Morgan fingerprint density at radius 2 is 1.83 bits per heavy atom. The fourth-order valence-corrected chi connectivity index (χ4v) is 4.18. The molecule has 0 aliphatic carbocycles. The van der Waals surface area contributed by atoms with E-state index in [0.717, 1.165) is 27.5 Å². The van der Waals surface area contributed by atoms with Gasteiger partial charge in [0, 0.05) is 16.0 Å². The SMILES string of the molecule is OC[C@H]1O[C@@H](n2c3ccc(Cl)cc3c3c(-c4ccccc4)ncnc32)[C@H](O)[C@@H]1O. The Morgan fingerprint density at radius 3 is 2.55 bits per heavy atom. The van der Waals surface area contributed by atoms with Gasteiger partial charge in [-0.2, -0.15) is 0 Å². The summed E-state index contributed by atoms with van der Waals surface area (Å²) >= 11 is 6.28. The standard InChI is InChI=1S/C21H18ClN3O4/c22-12-6-7-14-13(8-12)16-17(11-4-2-1-3-5-11)23-10-24-20(16)25(14)21-19(28)18(27)15(9-26)29-21/h1-8,10,15,18-19,21,26-28H,9H2/t15-,18-,19-,21-/m1/s1. The van der Waals surface area contributed by atoms with Crippen molar-refractivity contribution >= 4 is 33.5 Å². The number of hydrogen-bond donors (Lipinski definition) is 3. The van der Waals surface area contributed by atoms with E-state index < -0.39 is 31.1 Å². The zero-order chi connectivity index (χ0) is 20.1. The van der Waals surface area contributed by atoms with Gasteiger partial charge in [-0.1, -0.05) is 41.9 Å². The fraction of sp³-hybridized carbons (Fsp3) is 0.238. The molecule has 1 fully saturated rings. The molecule has 3 N–H and O–H groups in total. The normalized spacial score (nSPS) is 24.6. The molecule has 0 radical (unpaired) electrons. The van der Waals surface area contributed by atoms with Gasteiger partial charge in [0.1, 0.15) is 30.3 Å². The topological polar surface area (TPSA) is 101 Å². The van der Waals surface area contributed by atoms with Gasteiger partial charge in [0.2, 0.25) is 0 Å². The Bertz CT molecular complexity index is 1200. The Morgan fingerprint density at radius 1 is 1.03 bits per heavy atom. The first-order chi connectivity index (χ1) is 14.1. The molecule has 0 amide bonds. The van der Waals surface area contributed by atoms with Gasteiger partial charge in [0.15, 0.2) is 6.23 Å². The first-order valence-corrected chi connectivity index (χ1v) is 9.60. The van der Waals surface area contributed by atoms with Crippen LogP contribution < -0.4 is 0 Å². The summed E-state index contributed by atoms with van der Waals surface area (Å²) in [6.45, 7) is -0.401. The van der Waals surface area contributed by atoms with Gasteiger partial charge in [0.05, 0.1) is 23.2 Å². The third kappa shape index (κ3) is 2.82. The third-order valence-corrected chi connectivity index (χ3v) is 5.60. The maximum Gasteiger partial charge on any atom is 0.165 e. The summed E-state index contributed by atoms with van der Waals surface area (Å²) in [7, 11) is 0. The van der Waals surface area contributed by atoms with Crippen LogP contribution in [0.2, 0.25) is 5.02 Å². The zero-order valence-electron chi connectivity index (χ0n) is 15.2. The van der Waals surface area contributed by atoms with Crippen LogP contribution in [0.15, 0.2) is 54.9 Å². The number of aliphatic hydroxyl groups is 3. The molecule has 1 aliphatic rings. The van der Waals surface area contributed by atoms with E-state index in [0.29, 0.717) is 10.7 Å². The highest BCUT2D eigenvalue weighted by atomic mass is 35.5. The first-order valence-electron chi connectivity index (χ1n) is 9.22. The summed E-state index contributed by atoms with van der Waals surface area (Å²) in [5.41, 5.74) is 2.93. The summed E-state index contributed by atoms with van der Waals surface area (Å²) in [5.74, 6) is 0. The summed E-state index contributed by atoms with van der Waals surface area (Å²) in [5, 5.41) is 32.5. The van der Waals surface area contributed by atoms with E-state index in [2.05, 4.69) is 9.97 Å². The largest absolute Gasteiger partial charge is 0.394 e. The van der Waals surface area contributed by atoms with Gasteiger partial charge < -0.3 is 20.1 Å². The van der Waals surface area contributed by atoms with Crippen LogP contribution in [0.25, 0.3) is 33.2 Å². The molecule has 5 rings (SSSR count). The summed E-state index contributed by atoms with van der Waals surface area (Å²) in [4.78, 5) is 8.96. The fourth-order valence-electron chi connectivity index (χ4n) is 4.01. The van der Waals surface area contributed by atoms with Crippen molar-refractivity contribution in [3.8, 4) is 11.3 Å². The molecule has 148 valence electrons. The Hall–Kier alpha value is -2.55. The van der Waals surface area contributed by atoms with Crippen LogP contribution in [0.4, 0.5) is 0 Å². The third-order valence-electron chi connectivity index (χ3n) is 5.36. The lowest BCUT2D eigenvalue weighted by molar-refractivity contribution is -0.0489. The van der Waals surface area contributed by atoms with Gasteiger partial charge in [0.25, 0.3) is 0 Å². The van der Waals surface area contributed by atoms with E-state index in [-0.39, 0.29) is 0 Å².